The number of rotatable bonds is 2. The van der Waals surface area contributed by atoms with Crippen molar-refractivity contribution >= 4 is 0 Å². The molecule has 1 aromatic rings. The van der Waals surface area contributed by atoms with Crippen LogP contribution in [0, 0.1) is 19.8 Å². The highest BCUT2D eigenvalue weighted by Crippen LogP contribution is 2.10. The first-order valence-electron chi connectivity index (χ1n) is 5.05. The lowest BCUT2D eigenvalue weighted by atomic mass is 10.0. The van der Waals surface area contributed by atoms with Crippen molar-refractivity contribution < 1.29 is 0 Å². The molecule has 2 heterocycles. The Hall–Kier alpha value is -1.09. The van der Waals surface area contributed by atoms with Gasteiger partial charge in [-0.1, -0.05) is 0 Å². The van der Waals surface area contributed by atoms with E-state index in [-0.39, 0.29) is 5.43 Å². The van der Waals surface area contributed by atoms with Gasteiger partial charge >= 0.3 is 0 Å². The van der Waals surface area contributed by atoms with E-state index in [4.69, 9.17) is 0 Å². The van der Waals surface area contributed by atoms with E-state index in [0.717, 1.165) is 36.9 Å². The van der Waals surface area contributed by atoms with Crippen LogP contribution in [0.2, 0.25) is 0 Å². The lowest BCUT2D eigenvalue weighted by Gasteiger charge is -2.29. The van der Waals surface area contributed by atoms with Crippen LogP contribution in [0.5, 0.6) is 0 Å². The predicted octanol–water partition coefficient (Wildman–Crippen LogP) is 0.685. The molecule has 0 radical (unpaired) electrons. The summed E-state index contributed by atoms with van der Waals surface area (Å²) in [5, 5.41) is 3.26. The Labute approximate surface area is 83.8 Å². The lowest BCUT2D eigenvalue weighted by Crippen LogP contribution is -2.44. The maximum absolute atomic E-state index is 11.2. The molecule has 3 heteroatoms. The SMILES string of the molecule is Cc1cc(=O)cc(C)n1CC1CNC1. The summed E-state index contributed by atoms with van der Waals surface area (Å²) in [6, 6.07) is 3.41. The van der Waals surface area contributed by atoms with Gasteiger partial charge in [0.2, 0.25) is 0 Å². The second-order valence-electron chi connectivity index (χ2n) is 4.11. The van der Waals surface area contributed by atoms with E-state index in [1.54, 1.807) is 12.1 Å². The molecular weight excluding hydrogens is 176 g/mol. The number of pyridine rings is 1. The Balaban J connectivity index is 2.26. The summed E-state index contributed by atoms with van der Waals surface area (Å²) in [7, 11) is 0. The molecule has 1 saturated heterocycles. The van der Waals surface area contributed by atoms with Crippen LogP contribution in [0.15, 0.2) is 16.9 Å². The zero-order valence-electron chi connectivity index (χ0n) is 8.71. The number of nitrogens with one attached hydrogen (secondary N) is 1. The van der Waals surface area contributed by atoms with Gasteiger partial charge in [0.25, 0.3) is 0 Å². The van der Waals surface area contributed by atoms with Crippen molar-refractivity contribution in [3.63, 3.8) is 0 Å². The van der Waals surface area contributed by atoms with Crippen molar-refractivity contribution in [1.82, 2.24) is 9.88 Å². The third-order valence-corrected chi connectivity index (χ3v) is 2.86. The first-order valence-corrected chi connectivity index (χ1v) is 5.05. The van der Waals surface area contributed by atoms with Crippen molar-refractivity contribution in [2.24, 2.45) is 5.92 Å². The second kappa shape index (κ2) is 3.58. The highest BCUT2D eigenvalue weighted by molar-refractivity contribution is 5.12. The molecular formula is C11H16N2O. The van der Waals surface area contributed by atoms with Crippen LogP contribution >= 0.6 is 0 Å². The zero-order valence-corrected chi connectivity index (χ0v) is 8.71. The molecule has 1 aromatic heterocycles. The fraction of sp³-hybridized carbons (Fsp3) is 0.545. The lowest BCUT2D eigenvalue weighted by molar-refractivity contribution is 0.302. The maximum Gasteiger partial charge on any atom is 0.182 e. The van der Waals surface area contributed by atoms with Gasteiger partial charge in [-0.15, -0.1) is 0 Å². The minimum Gasteiger partial charge on any atom is -0.349 e. The molecule has 2 rings (SSSR count). The first kappa shape index (κ1) is 9.46. The van der Waals surface area contributed by atoms with Crippen LogP contribution in [0.3, 0.4) is 0 Å². The molecule has 0 saturated carbocycles. The van der Waals surface area contributed by atoms with Crippen molar-refractivity contribution in [1.29, 1.82) is 0 Å². The molecule has 0 atom stereocenters. The summed E-state index contributed by atoms with van der Waals surface area (Å²) in [5.41, 5.74) is 2.26. The van der Waals surface area contributed by atoms with E-state index in [1.807, 2.05) is 13.8 Å². The van der Waals surface area contributed by atoms with Gasteiger partial charge in [-0.2, -0.15) is 0 Å². The molecule has 1 fully saturated rings. The summed E-state index contributed by atoms with van der Waals surface area (Å²) in [5.74, 6) is 0.731. The quantitative estimate of drug-likeness (QED) is 0.748. The fourth-order valence-electron chi connectivity index (χ4n) is 1.91. The summed E-state index contributed by atoms with van der Waals surface area (Å²) in [6.45, 7) is 7.24. The van der Waals surface area contributed by atoms with Crippen LogP contribution in [0.4, 0.5) is 0 Å². The zero-order chi connectivity index (χ0) is 10.1. The maximum atomic E-state index is 11.2. The van der Waals surface area contributed by atoms with Crippen LogP contribution in [0.1, 0.15) is 11.4 Å². The molecule has 0 aromatic carbocycles. The van der Waals surface area contributed by atoms with Crippen molar-refractivity contribution in [3.8, 4) is 0 Å². The monoisotopic (exact) mass is 192 g/mol. The fourth-order valence-corrected chi connectivity index (χ4v) is 1.91. The Morgan fingerprint density at radius 2 is 1.93 bits per heavy atom. The van der Waals surface area contributed by atoms with E-state index in [9.17, 15) is 4.79 Å². The van der Waals surface area contributed by atoms with Gasteiger partial charge in [-0.05, 0) is 13.8 Å². The summed E-state index contributed by atoms with van der Waals surface area (Å²) < 4.78 is 2.23. The van der Waals surface area contributed by atoms with E-state index in [0.29, 0.717) is 0 Å². The van der Waals surface area contributed by atoms with Gasteiger partial charge in [-0.3, -0.25) is 4.79 Å². The third kappa shape index (κ3) is 1.73. The van der Waals surface area contributed by atoms with Crippen molar-refractivity contribution in [3.05, 3.63) is 33.7 Å². The molecule has 0 unspecified atom stereocenters. The molecule has 14 heavy (non-hydrogen) atoms. The molecule has 0 amide bonds. The number of hydrogen-bond acceptors (Lipinski definition) is 2. The van der Waals surface area contributed by atoms with Gasteiger partial charge in [0.15, 0.2) is 5.43 Å². The van der Waals surface area contributed by atoms with E-state index in [2.05, 4.69) is 9.88 Å². The second-order valence-corrected chi connectivity index (χ2v) is 4.11. The smallest absolute Gasteiger partial charge is 0.182 e. The molecule has 76 valence electrons. The minimum absolute atomic E-state index is 0.114. The Kier molecular flexibility index (Phi) is 2.42. The summed E-state index contributed by atoms with van der Waals surface area (Å²) >= 11 is 0. The highest BCUT2D eigenvalue weighted by atomic mass is 16.1. The third-order valence-electron chi connectivity index (χ3n) is 2.86. The predicted molar refractivity (Wildman–Crippen MR) is 56.5 cm³/mol. The van der Waals surface area contributed by atoms with Crippen LogP contribution in [-0.2, 0) is 6.54 Å². The van der Waals surface area contributed by atoms with E-state index < -0.39 is 0 Å². The highest BCUT2D eigenvalue weighted by Gasteiger charge is 2.17. The van der Waals surface area contributed by atoms with Crippen LogP contribution < -0.4 is 10.7 Å². The number of nitrogens with zero attached hydrogens (tertiary/aromatic N) is 1. The largest absolute Gasteiger partial charge is 0.349 e. The molecule has 0 spiro atoms. The summed E-state index contributed by atoms with van der Waals surface area (Å²) in [6.07, 6.45) is 0. The standard InChI is InChI=1S/C11H16N2O/c1-8-3-11(14)4-9(2)13(8)7-10-5-12-6-10/h3-4,10,12H,5-7H2,1-2H3. The number of aryl methyl sites for hydroxylation is 2. The van der Waals surface area contributed by atoms with Crippen LogP contribution in [-0.4, -0.2) is 17.7 Å². The minimum atomic E-state index is 0.114. The number of aromatic nitrogens is 1. The van der Waals surface area contributed by atoms with E-state index in [1.165, 1.54) is 0 Å². The molecule has 3 nitrogen and oxygen atoms in total. The van der Waals surface area contributed by atoms with E-state index >= 15 is 0 Å². The number of hydrogen-bond donors (Lipinski definition) is 1. The Bertz CT molecular complexity index is 365. The van der Waals surface area contributed by atoms with Crippen molar-refractivity contribution in [2.45, 2.75) is 20.4 Å². The van der Waals surface area contributed by atoms with Gasteiger partial charge in [-0.25, -0.2) is 0 Å². The Morgan fingerprint density at radius 1 is 1.36 bits per heavy atom. The molecule has 1 aliphatic heterocycles. The average molecular weight is 192 g/mol. The van der Waals surface area contributed by atoms with Gasteiger partial charge in [0.05, 0.1) is 0 Å². The molecule has 1 aliphatic rings. The van der Waals surface area contributed by atoms with Gasteiger partial charge in [0, 0.05) is 49.1 Å². The molecule has 1 N–H and O–H groups in total. The first-order chi connectivity index (χ1) is 6.66. The molecule has 0 bridgehead atoms. The topological polar surface area (TPSA) is 34.0 Å². The van der Waals surface area contributed by atoms with Crippen molar-refractivity contribution in [2.75, 3.05) is 13.1 Å². The average Bonchev–Trinajstić information content (AvgIpc) is 1.98. The summed E-state index contributed by atoms with van der Waals surface area (Å²) in [4.78, 5) is 11.2. The van der Waals surface area contributed by atoms with Gasteiger partial charge in [0.1, 0.15) is 0 Å². The Morgan fingerprint density at radius 3 is 2.36 bits per heavy atom. The van der Waals surface area contributed by atoms with Crippen LogP contribution in [0.25, 0.3) is 0 Å². The normalized spacial score (nSPS) is 16.7. The van der Waals surface area contributed by atoms with Gasteiger partial charge < -0.3 is 9.88 Å². The molecule has 0 aliphatic carbocycles.